The second-order valence-electron chi connectivity index (χ2n) is 6.96. The van der Waals surface area contributed by atoms with Crippen LogP contribution < -0.4 is 10.1 Å². The Kier molecular flexibility index (Phi) is 5.28. The minimum absolute atomic E-state index is 0.0973. The van der Waals surface area contributed by atoms with Gasteiger partial charge in [-0.25, -0.2) is 0 Å². The Morgan fingerprint density at radius 1 is 1.33 bits per heavy atom. The fourth-order valence-electron chi connectivity index (χ4n) is 2.98. The van der Waals surface area contributed by atoms with Gasteiger partial charge in [-0.3, -0.25) is 0 Å². The van der Waals surface area contributed by atoms with Crippen LogP contribution in [0.15, 0.2) is 18.2 Å². The van der Waals surface area contributed by atoms with Crippen LogP contribution in [0.4, 0.5) is 0 Å². The predicted octanol–water partition coefficient (Wildman–Crippen LogP) is 3.39. The molecule has 1 aromatic rings. The highest BCUT2D eigenvalue weighted by atomic mass is 16.5. The van der Waals surface area contributed by atoms with Crippen LogP contribution in [0.25, 0.3) is 0 Å². The van der Waals surface area contributed by atoms with Crippen molar-refractivity contribution in [2.24, 2.45) is 0 Å². The van der Waals surface area contributed by atoms with Gasteiger partial charge in [-0.2, -0.15) is 0 Å². The Morgan fingerprint density at radius 3 is 2.76 bits per heavy atom. The van der Waals surface area contributed by atoms with E-state index in [1.165, 1.54) is 17.5 Å². The van der Waals surface area contributed by atoms with Gasteiger partial charge < -0.3 is 15.0 Å². The van der Waals surface area contributed by atoms with Crippen molar-refractivity contribution in [1.29, 1.82) is 0 Å². The van der Waals surface area contributed by atoms with E-state index in [-0.39, 0.29) is 5.60 Å². The molecule has 3 nitrogen and oxygen atoms in total. The third kappa shape index (κ3) is 4.45. The number of hydrogen-bond acceptors (Lipinski definition) is 3. The number of fused-ring (bicyclic) bond motifs is 1. The van der Waals surface area contributed by atoms with Crippen LogP contribution in [0.5, 0.6) is 5.75 Å². The molecular weight excluding hydrogens is 260 g/mol. The summed E-state index contributed by atoms with van der Waals surface area (Å²) in [7, 11) is 4.25. The lowest BCUT2D eigenvalue weighted by Crippen LogP contribution is -2.40. The van der Waals surface area contributed by atoms with Crippen LogP contribution in [0, 0.1) is 0 Å². The van der Waals surface area contributed by atoms with Gasteiger partial charge in [-0.1, -0.05) is 19.1 Å². The van der Waals surface area contributed by atoms with E-state index in [4.69, 9.17) is 4.74 Å². The van der Waals surface area contributed by atoms with E-state index in [9.17, 15) is 0 Å². The maximum atomic E-state index is 6.15. The standard InChI is InChI=1S/C18H30N2O/c1-6-14-8-9-17-15(12-14)16(13-18(2,3)21-17)19-10-7-11-20(4)5/h8-9,12,16,19H,6-7,10-11,13H2,1-5H3. The largest absolute Gasteiger partial charge is 0.487 e. The summed E-state index contributed by atoms with van der Waals surface area (Å²) >= 11 is 0. The Labute approximate surface area is 129 Å². The van der Waals surface area contributed by atoms with E-state index in [2.05, 4.69) is 63.3 Å². The van der Waals surface area contributed by atoms with Crippen molar-refractivity contribution in [1.82, 2.24) is 10.2 Å². The molecule has 21 heavy (non-hydrogen) atoms. The van der Waals surface area contributed by atoms with E-state index in [0.29, 0.717) is 6.04 Å². The molecule has 0 aliphatic carbocycles. The molecule has 0 saturated heterocycles. The highest BCUT2D eigenvalue weighted by Gasteiger charge is 2.33. The van der Waals surface area contributed by atoms with E-state index in [1.807, 2.05) is 0 Å². The van der Waals surface area contributed by atoms with Gasteiger partial charge in [-0.15, -0.1) is 0 Å². The molecule has 0 aromatic heterocycles. The van der Waals surface area contributed by atoms with Crippen molar-refractivity contribution in [3.63, 3.8) is 0 Å². The molecule has 1 unspecified atom stereocenters. The molecule has 1 aliphatic rings. The number of ether oxygens (including phenoxy) is 1. The van der Waals surface area contributed by atoms with Crippen LogP contribution in [0.1, 0.15) is 50.8 Å². The molecule has 1 N–H and O–H groups in total. The first-order valence-electron chi connectivity index (χ1n) is 8.11. The first kappa shape index (κ1) is 16.3. The fraction of sp³-hybridized carbons (Fsp3) is 0.667. The molecule has 118 valence electrons. The molecular formula is C18H30N2O. The first-order chi connectivity index (χ1) is 9.91. The van der Waals surface area contributed by atoms with Crippen molar-refractivity contribution in [2.75, 3.05) is 27.2 Å². The fourth-order valence-corrected chi connectivity index (χ4v) is 2.98. The van der Waals surface area contributed by atoms with Gasteiger partial charge in [0.2, 0.25) is 0 Å². The van der Waals surface area contributed by atoms with Crippen LogP contribution in [0.3, 0.4) is 0 Å². The van der Waals surface area contributed by atoms with Crippen LogP contribution in [-0.2, 0) is 6.42 Å². The van der Waals surface area contributed by atoms with E-state index < -0.39 is 0 Å². The maximum Gasteiger partial charge on any atom is 0.124 e. The van der Waals surface area contributed by atoms with Gasteiger partial charge in [0, 0.05) is 18.0 Å². The SMILES string of the molecule is CCc1ccc2c(c1)C(NCCCN(C)C)CC(C)(C)O2. The summed E-state index contributed by atoms with van der Waals surface area (Å²) in [6.07, 6.45) is 3.27. The van der Waals surface area contributed by atoms with Gasteiger partial charge in [0.1, 0.15) is 11.4 Å². The summed E-state index contributed by atoms with van der Waals surface area (Å²) in [6.45, 7) is 8.74. The zero-order valence-electron chi connectivity index (χ0n) is 14.2. The zero-order valence-corrected chi connectivity index (χ0v) is 14.2. The topological polar surface area (TPSA) is 24.5 Å². The van der Waals surface area contributed by atoms with Crippen molar-refractivity contribution in [2.45, 2.75) is 51.7 Å². The number of nitrogens with zero attached hydrogens (tertiary/aromatic N) is 1. The number of rotatable bonds is 6. The molecule has 1 aliphatic heterocycles. The number of hydrogen-bond donors (Lipinski definition) is 1. The lowest BCUT2D eigenvalue weighted by Gasteiger charge is -2.38. The molecule has 0 bridgehead atoms. The predicted molar refractivity (Wildman–Crippen MR) is 89.1 cm³/mol. The molecule has 1 aromatic carbocycles. The molecule has 1 atom stereocenters. The Balaban J connectivity index is 2.09. The quantitative estimate of drug-likeness (QED) is 0.813. The van der Waals surface area contributed by atoms with Crippen molar-refractivity contribution in [3.8, 4) is 5.75 Å². The first-order valence-corrected chi connectivity index (χ1v) is 8.11. The second kappa shape index (κ2) is 6.80. The zero-order chi connectivity index (χ0) is 15.5. The van der Waals surface area contributed by atoms with E-state index in [0.717, 1.165) is 31.7 Å². The van der Waals surface area contributed by atoms with Gasteiger partial charge >= 0.3 is 0 Å². The van der Waals surface area contributed by atoms with E-state index in [1.54, 1.807) is 0 Å². The average Bonchev–Trinajstić information content (AvgIpc) is 2.41. The smallest absolute Gasteiger partial charge is 0.124 e. The molecule has 1 heterocycles. The number of benzene rings is 1. The summed E-state index contributed by atoms with van der Waals surface area (Å²) in [6, 6.07) is 7.04. The normalized spacial score (nSPS) is 20.2. The molecule has 0 saturated carbocycles. The number of aryl methyl sites for hydroxylation is 1. The van der Waals surface area contributed by atoms with Crippen molar-refractivity contribution in [3.05, 3.63) is 29.3 Å². The Morgan fingerprint density at radius 2 is 2.10 bits per heavy atom. The summed E-state index contributed by atoms with van der Waals surface area (Å²) in [5.41, 5.74) is 2.62. The van der Waals surface area contributed by atoms with Gasteiger partial charge in [0.25, 0.3) is 0 Å². The summed E-state index contributed by atoms with van der Waals surface area (Å²) < 4.78 is 6.15. The Hall–Kier alpha value is -1.06. The van der Waals surface area contributed by atoms with Crippen molar-refractivity contribution >= 4 is 0 Å². The highest BCUT2D eigenvalue weighted by molar-refractivity contribution is 5.41. The lowest BCUT2D eigenvalue weighted by molar-refractivity contribution is 0.0659. The molecule has 3 heteroatoms. The van der Waals surface area contributed by atoms with Crippen LogP contribution in [-0.4, -0.2) is 37.7 Å². The molecule has 0 spiro atoms. The van der Waals surface area contributed by atoms with Crippen LogP contribution >= 0.6 is 0 Å². The summed E-state index contributed by atoms with van der Waals surface area (Å²) in [5.74, 6) is 1.05. The monoisotopic (exact) mass is 290 g/mol. The number of nitrogens with one attached hydrogen (secondary N) is 1. The van der Waals surface area contributed by atoms with Gasteiger partial charge in [0.05, 0.1) is 0 Å². The summed E-state index contributed by atoms with van der Waals surface area (Å²) in [4.78, 5) is 2.23. The third-order valence-corrected chi connectivity index (χ3v) is 4.11. The summed E-state index contributed by atoms with van der Waals surface area (Å²) in [5, 5.41) is 3.73. The van der Waals surface area contributed by atoms with Gasteiger partial charge in [0.15, 0.2) is 0 Å². The maximum absolute atomic E-state index is 6.15. The van der Waals surface area contributed by atoms with E-state index >= 15 is 0 Å². The minimum Gasteiger partial charge on any atom is -0.487 e. The average molecular weight is 290 g/mol. The molecule has 0 amide bonds. The third-order valence-electron chi connectivity index (χ3n) is 4.11. The molecule has 2 rings (SSSR count). The highest BCUT2D eigenvalue weighted by Crippen LogP contribution is 2.39. The molecule has 0 radical (unpaired) electrons. The lowest BCUT2D eigenvalue weighted by atomic mass is 9.88. The second-order valence-corrected chi connectivity index (χ2v) is 6.96. The minimum atomic E-state index is -0.0973. The molecule has 0 fully saturated rings. The van der Waals surface area contributed by atoms with Gasteiger partial charge in [-0.05, 0) is 65.5 Å². The van der Waals surface area contributed by atoms with Crippen molar-refractivity contribution < 1.29 is 4.74 Å². The van der Waals surface area contributed by atoms with Crippen LogP contribution in [0.2, 0.25) is 0 Å². The Bertz CT molecular complexity index is 468.